The summed E-state index contributed by atoms with van der Waals surface area (Å²) < 4.78 is 41.1. The van der Waals surface area contributed by atoms with Gasteiger partial charge < -0.3 is 24.1 Å². The number of alkyl halides is 2. The molecule has 0 radical (unpaired) electrons. The van der Waals surface area contributed by atoms with Crippen LogP contribution >= 0.6 is 0 Å². The number of fused-ring (bicyclic) bond motifs is 1. The molecule has 37 heavy (non-hydrogen) atoms. The molecule has 0 saturated heterocycles. The van der Waals surface area contributed by atoms with E-state index < -0.39 is 11.9 Å². The van der Waals surface area contributed by atoms with Crippen molar-refractivity contribution >= 4 is 28.6 Å². The molecule has 5 rings (SSSR count). The minimum Gasteiger partial charge on any atom is -0.497 e. The van der Waals surface area contributed by atoms with Gasteiger partial charge in [0, 0.05) is 23.7 Å². The number of nitrogens with zero attached hydrogens (tertiary/aromatic N) is 3. The minimum atomic E-state index is -3.02. The number of hydrogen-bond donors (Lipinski definition) is 2. The molecule has 0 aliphatic rings. The molecule has 3 aromatic carbocycles. The Kier molecular flexibility index (Phi) is 6.08. The van der Waals surface area contributed by atoms with Gasteiger partial charge in [0.1, 0.15) is 12.0 Å². The molecule has 10 heteroatoms. The number of aromatic carboxylic acids is 1. The average Bonchev–Trinajstić information content (AvgIpc) is 3.50. The van der Waals surface area contributed by atoms with E-state index >= 15 is 0 Å². The van der Waals surface area contributed by atoms with E-state index in [0.29, 0.717) is 33.9 Å². The third-order valence-electron chi connectivity index (χ3n) is 5.88. The Labute approximate surface area is 210 Å². The van der Waals surface area contributed by atoms with Gasteiger partial charge in [-0.25, -0.2) is 23.5 Å². The fraction of sp³-hybridized carbons (Fsp3) is 0.148. The zero-order chi connectivity index (χ0) is 26.2. The Morgan fingerprint density at radius 2 is 1.86 bits per heavy atom. The number of methoxy groups -OCH3 is 1. The number of rotatable bonds is 8. The van der Waals surface area contributed by atoms with Gasteiger partial charge in [0.2, 0.25) is 11.8 Å². The van der Waals surface area contributed by atoms with Crippen LogP contribution in [0.25, 0.3) is 22.5 Å². The molecule has 0 spiro atoms. The zero-order valence-electron chi connectivity index (χ0n) is 19.9. The predicted octanol–water partition coefficient (Wildman–Crippen LogP) is 6.30. The maximum absolute atomic E-state index is 14.4. The van der Waals surface area contributed by atoms with Gasteiger partial charge in [0.15, 0.2) is 5.69 Å². The number of ether oxygens (including phenoxy) is 1. The second-order valence-electron chi connectivity index (χ2n) is 8.47. The highest BCUT2D eigenvalue weighted by Crippen LogP contribution is 2.33. The molecule has 2 heterocycles. The standard InChI is InChI=1S/C27H22F2N4O4/c1-27(28,29)20-6-4-3-5-17(20)14-33-23-12-7-16(24-31-22(15-37-24)25(34)35)13-21(23)32-26(33)30-18-8-10-19(36-2)11-9-18/h3-13,15H,14H2,1-2H3,(H,30,32)(H,34,35). The number of nitrogens with one attached hydrogen (secondary N) is 1. The number of halogens is 2. The Balaban J connectivity index is 1.60. The normalized spacial score (nSPS) is 11.6. The Bertz CT molecular complexity index is 1590. The highest BCUT2D eigenvalue weighted by Gasteiger charge is 2.27. The van der Waals surface area contributed by atoms with Crippen LogP contribution in [0.15, 0.2) is 77.4 Å². The molecule has 0 aliphatic heterocycles. The SMILES string of the molecule is COc1ccc(Nc2nc3cc(-c4nc(C(=O)O)co4)ccc3n2Cc2ccccc2C(C)(F)F)cc1. The first-order valence-corrected chi connectivity index (χ1v) is 11.3. The van der Waals surface area contributed by atoms with Crippen molar-refractivity contribution in [3.63, 3.8) is 0 Å². The summed E-state index contributed by atoms with van der Waals surface area (Å²) in [5, 5.41) is 12.4. The number of carboxylic acids is 1. The second-order valence-corrected chi connectivity index (χ2v) is 8.47. The van der Waals surface area contributed by atoms with Gasteiger partial charge in [-0.2, -0.15) is 0 Å². The van der Waals surface area contributed by atoms with Crippen molar-refractivity contribution in [1.29, 1.82) is 0 Å². The third-order valence-corrected chi connectivity index (χ3v) is 5.88. The summed E-state index contributed by atoms with van der Waals surface area (Å²) in [6, 6.07) is 18.8. The van der Waals surface area contributed by atoms with E-state index in [4.69, 9.17) is 19.2 Å². The number of hydrogen-bond acceptors (Lipinski definition) is 6. The van der Waals surface area contributed by atoms with Crippen LogP contribution in [0.1, 0.15) is 28.5 Å². The first kappa shape index (κ1) is 24.0. The third kappa shape index (κ3) is 4.86. The molecule has 0 unspecified atom stereocenters. The van der Waals surface area contributed by atoms with Crippen LogP contribution in [0.3, 0.4) is 0 Å². The number of carboxylic acid groups (broad SMARTS) is 1. The van der Waals surface area contributed by atoms with E-state index in [2.05, 4.69) is 10.3 Å². The van der Waals surface area contributed by atoms with Crippen LogP contribution in [-0.2, 0) is 12.5 Å². The van der Waals surface area contributed by atoms with E-state index in [9.17, 15) is 13.6 Å². The lowest BCUT2D eigenvalue weighted by Crippen LogP contribution is -2.13. The quantitative estimate of drug-likeness (QED) is 0.256. The average molecular weight is 504 g/mol. The van der Waals surface area contributed by atoms with Crippen LogP contribution < -0.4 is 10.1 Å². The summed E-state index contributed by atoms with van der Waals surface area (Å²) in [4.78, 5) is 19.9. The maximum Gasteiger partial charge on any atom is 0.357 e. The van der Waals surface area contributed by atoms with E-state index in [1.807, 2.05) is 16.7 Å². The Morgan fingerprint density at radius 1 is 1.11 bits per heavy atom. The summed E-state index contributed by atoms with van der Waals surface area (Å²) in [5.74, 6) is -2.96. The van der Waals surface area contributed by atoms with Crippen LogP contribution in [0.5, 0.6) is 5.75 Å². The van der Waals surface area contributed by atoms with Crippen LogP contribution in [0.2, 0.25) is 0 Å². The maximum atomic E-state index is 14.4. The lowest BCUT2D eigenvalue weighted by molar-refractivity contribution is 0.0164. The number of imidazole rings is 1. The zero-order valence-corrected chi connectivity index (χ0v) is 19.9. The largest absolute Gasteiger partial charge is 0.497 e. The molecule has 0 amide bonds. The van der Waals surface area contributed by atoms with Gasteiger partial charge in [-0.15, -0.1) is 0 Å². The number of benzene rings is 3. The number of oxazole rings is 1. The molecule has 2 N–H and O–H groups in total. The monoisotopic (exact) mass is 504 g/mol. The van der Waals surface area contributed by atoms with Crippen LogP contribution in [-0.4, -0.2) is 32.7 Å². The van der Waals surface area contributed by atoms with Gasteiger partial charge in [-0.3, -0.25) is 0 Å². The number of aromatic nitrogens is 3. The van der Waals surface area contributed by atoms with Crippen molar-refractivity contribution < 1.29 is 27.8 Å². The van der Waals surface area contributed by atoms with Gasteiger partial charge >= 0.3 is 5.97 Å². The van der Waals surface area contributed by atoms with E-state index in [1.165, 1.54) is 6.07 Å². The lowest BCUT2D eigenvalue weighted by Gasteiger charge is -2.18. The highest BCUT2D eigenvalue weighted by atomic mass is 19.3. The molecule has 5 aromatic rings. The van der Waals surface area contributed by atoms with Crippen molar-refractivity contribution in [3.8, 4) is 17.2 Å². The predicted molar refractivity (Wildman–Crippen MR) is 134 cm³/mol. The summed E-state index contributed by atoms with van der Waals surface area (Å²) >= 11 is 0. The molecule has 2 aromatic heterocycles. The van der Waals surface area contributed by atoms with Crippen molar-refractivity contribution in [2.24, 2.45) is 0 Å². The van der Waals surface area contributed by atoms with Gasteiger partial charge in [-0.05, 0) is 48.0 Å². The van der Waals surface area contributed by atoms with Crippen molar-refractivity contribution in [2.45, 2.75) is 19.4 Å². The first-order valence-electron chi connectivity index (χ1n) is 11.3. The summed E-state index contributed by atoms with van der Waals surface area (Å²) in [6.07, 6.45) is 1.07. The number of anilines is 2. The fourth-order valence-corrected chi connectivity index (χ4v) is 4.08. The first-order chi connectivity index (χ1) is 17.7. The Morgan fingerprint density at radius 3 is 2.54 bits per heavy atom. The molecule has 0 atom stereocenters. The van der Waals surface area contributed by atoms with Crippen LogP contribution in [0.4, 0.5) is 20.4 Å². The highest BCUT2D eigenvalue weighted by molar-refractivity contribution is 5.87. The van der Waals surface area contributed by atoms with Gasteiger partial charge in [0.25, 0.3) is 5.92 Å². The van der Waals surface area contributed by atoms with Crippen molar-refractivity contribution in [2.75, 3.05) is 12.4 Å². The minimum absolute atomic E-state index is 0.0650. The molecule has 0 bridgehead atoms. The number of carbonyl (C=O) groups is 1. The Hall–Kier alpha value is -4.73. The molecular formula is C27H22F2N4O4. The van der Waals surface area contributed by atoms with Crippen molar-refractivity contribution in [1.82, 2.24) is 14.5 Å². The molecule has 0 aliphatic carbocycles. The van der Waals surface area contributed by atoms with Gasteiger partial charge in [0.05, 0.1) is 24.7 Å². The summed E-state index contributed by atoms with van der Waals surface area (Å²) in [7, 11) is 1.58. The van der Waals surface area contributed by atoms with E-state index in [-0.39, 0.29) is 23.7 Å². The lowest BCUT2D eigenvalue weighted by atomic mass is 10.0. The summed E-state index contributed by atoms with van der Waals surface area (Å²) in [6.45, 7) is 1.01. The fourth-order valence-electron chi connectivity index (χ4n) is 4.08. The smallest absolute Gasteiger partial charge is 0.357 e. The topological polar surface area (TPSA) is 102 Å². The van der Waals surface area contributed by atoms with E-state index in [0.717, 1.165) is 18.9 Å². The van der Waals surface area contributed by atoms with E-state index in [1.54, 1.807) is 55.6 Å². The molecule has 8 nitrogen and oxygen atoms in total. The summed E-state index contributed by atoms with van der Waals surface area (Å²) in [5.41, 5.74) is 2.66. The van der Waals surface area contributed by atoms with Crippen LogP contribution in [0, 0.1) is 0 Å². The van der Waals surface area contributed by atoms with Gasteiger partial charge in [-0.1, -0.05) is 24.3 Å². The molecular weight excluding hydrogens is 482 g/mol. The second kappa shape index (κ2) is 9.38. The molecule has 188 valence electrons. The molecule has 0 fully saturated rings. The van der Waals surface area contributed by atoms with Crippen molar-refractivity contribution in [3.05, 3.63) is 89.8 Å². The molecule has 0 saturated carbocycles.